The number of rotatable bonds is 16. The van der Waals surface area contributed by atoms with Crippen LogP contribution in [0.5, 0.6) is 5.75 Å². The van der Waals surface area contributed by atoms with Crippen LogP contribution in [0.25, 0.3) is 11.4 Å². The van der Waals surface area contributed by atoms with Crippen molar-refractivity contribution in [2.45, 2.75) is 97.8 Å². The summed E-state index contributed by atoms with van der Waals surface area (Å²) >= 11 is 0. The van der Waals surface area contributed by atoms with Crippen LogP contribution in [0.4, 0.5) is 0 Å². The van der Waals surface area contributed by atoms with Crippen LogP contribution < -0.4 is 4.74 Å². The number of aromatic nitrogens is 2. The van der Waals surface area contributed by atoms with Crippen LogP contribution in [0.3, 0.4) is 0 Å². The van der Waals surface area contributed by atoms with E-state index in [-0.39, 0.29) is 0 Å². The van der Waals surface area contributed by atoms with E-state index < -0.39 is 0 Å². The Bertz CT molecular complexity index is 666. The van der Waals surface area contributed by atoms with Crippen molar-refractivity contribution in [2.75, 3.05) is 6.61 Å². The molecular formula is C27H42N2O. The number of hydrogen-bond donors (Lipinski definition) is 0. The fourth-order valence-electron chi connectivity index (χ4n) is 3.56. The van der Waals surface area contributed by atoms with E-state index in [4.69, 9.17) is 4.74 Å². The van der Waals surface area contributed by atoms with Crippen molar-refractivity contribution in [1.29, 1.82) is 0 Å². The smallest absolute Gasteiger partial charge is 0.159 e. The summed E-state index contributed by atoms with van der Waals surface area (Å²) in [6.07, 6.45) is 19.6. The van der Waals surface area contributed by atoms with Gasteiger partial charge in [-0.1, -0.05) is 78.6 Å². The molecule has 0 amide bonds. The summed E-state index contributed by atoms with van der Waals surface area (Å²) in [7, 11) is 0. The Balaban J connectivity index is 1.66. The lowest BCUT2D eigenvalue weighted by molar-refractivity contribution is 0.282. The number of unbranched alkanes of at least 4 members (excludes halogenated alkanes) is 8. The molecule has 0 aliphatic carbocycles. The summed E-state index contributed by atoms with van der Waals surface area (Å²) in [6.45, 7) is 7.54. The third-order valence-corrected chi connectivity index (χ3v) is 5.96. The minimum atomic E-state index is 0.715. The maximum Gasteiger partial charge on any atom is 0.159 e. The predicted molar refractivity (Wildman–Crippen MR) is 128 cm³/mol. The highest BCUT2D eigenvalue weighted by molar-refractivity contribution is 5.55. The monoisotopic (exact) mass is 410 g/mol. The molecule has 0 spiro atoms. The molecule has 1 aromatic heterocycles. The summed E-state index contributed by atoms with van der Waals surface area (Å²) in [5.74, 6) is 2.42. The summed E-state index contributed by atoms with van der Waals surface area (Å²) in [5.41, 5.74) is 2.28. The SMILES string of the molecule is CCCCCCCCCCCc1cnc(-c2ccc(OCCC(C)CC)cc2)nc1. The van der Waals surface area contributed by atoms with E-state index in [0.717, 1.165) is 36.6 Å². The third-order valence-electron chi connectivity index (χ3n) is 5.96. The maximum absolute atomic E-state index is 5.84. The van der Waals surface area contributed by atoms with Gasteiger partial charge in [0.05, 0.1) is 6.61 Å². The van der Waals surface area contributed by atoms with Crippen molar-refractivity contribution in [3.8, 4) is 17.1 Å². The second-order valence-electron chi connectivity index (χ2n) is 8.67. The Morgan fingerprint density at radius 3 is 2.00 bits per heavy atom. The van der Waals surface area contributed by atoms with Crippen molar-refractivity contribution < 1.29 is 4.74 Å². The van der Waals surface area contributed by atoms with Gasteiger partial charge in [0.25, 0.3) is 0 Å². The highest BCUT2D eigenvalue weighted by Crippen LogP contribution is 2.20. The molecule has 0 saturated heterocycles. The molecule has 1 aromatic carbocycles. The molecule has 2 rings (SSSR count). The molecule has 166 valence electrons. The predicted octanol–water partition coefficient (Wildman–Crippen LogP) is 8.03. The first kappa shape index (κ1) is 24.4. The quantitative estimate of drug-likeness (QED) is 0.263. The molecule has 0 aliphatic heterocycles. The Morgan fingerprint density at radius 2 is 1.40 bits per heavy atom. The third kappa shape index (κ3) is 9.73. The minimum Gasteiger partial charge on any atom is -0.494 e. The molecule has 0 N–H and O–H groups in total. The fraction of sp³-hybridized carbons (Fsp3) is 0.630. The molecule has 1 unspecified atom stereocenters. The van der Waals surface area contributed by atoms with Gasteiger partial charge in [-0.2, -0.15) is 0 Å². The van der Waals surface area contributed by atoms with Gasteiger partial charge in [0, 0.05) is 18.0 Å². The van der Waals surface area contributed by atoms with Gasteiger partial charge >= 0.3 is 0 Å². The van der Waals surface area contributed by atoms with Gasteiger partial charge < -0.3 is 4.74 Å². The van der Waals surface area contributed by atoms with E-state index in [1.165, 1.54) is 69.8 Å². The van der Waals surface area contributed by atoms with Crippen LogP contribution in [0, 0.1) is 5.92 Å². The molecule has 0 bridgehead atoms. The van der Waals surface area contributed by atoms with Gasteiger partial charge in [-0.15, -0.1) is 0 Å². The maximum atomic E-state index is 5.84. The zero-order chi connectivity index (χ0) is 21.4. The molecular weight excluding hydrogens is 368 g/mol. The van der Waals surface area contributed by atoms with Crippen molar-refractivity contribution in [1.82, 2.24) is 9.97 Å². The van der Waals surface area contributed by atoms with Crippen molar-refractivity contribution in [3.05, 3.63) is 42.2 Å². The van der Waals surface area contributed by atoms with Gasteiger partial charge in [-0.25, -0.2) is 9.97 Å². The molecule has 1 heterocycles. The molecule has 0 fully saturated rings. The number of nitrogens with zero attached hydrogens (tertiary/aromatic N) is 2. The van der Waals surface area contributed by atoms with Crippen molar-refractivity contribution in [3.63, 3.8) is 0 Å². The number of ether oxygens (including phenoxy) is 1. The summed E-state index contributed by atoms with van der Waals surface area (Å²) < 4.78 is 5.84. The number of benzene rings is 1. The first-order valence-electron chi connectivity index (χ1n) is 12.3. The van der Waals surface area contributed by atoms with E-state index in [0.29, 0.717) is 5.92 Å². The Hall–Kier alpha value is -1.90. The molecule has 3 nitrogen and oxygen atoms in total. The van der Waals surface area contributed by atoms with E-state index in [1.807, 2.05) is 36.7 Å². The highest BCUT2D eigenvalue weighted by Gasteiger charge is 2.04. The van der Waals surface area contributed by atoms with E-state index >= 15 is 0 Å². The van der Waals surface area contributed by atoms with Crippen LogP contribution in [0.15, 0.2) is 36.7 Å². The van der Waals surface area contributed by atoms with E-state index in [9.17, 15) is 0 Å². The Labute approximate surface area is 184 Å². The molecule has 30 heavy (non-hydrogen) atoms. The largest absolute Gasteiger partial charge is 0.494 e. The zero-order valence-electron chi connectivity index (χ0n) is 19.5. The molecule has 1 atom stereocenters. The van der Waals surface area contributed by atoms with Crippen LogP contribution in [-0.2, 0) is 6.42 Å². The fourth-order valence-corrected chi connectivity index (χ4v) is 3.56. The van der Waals surface area contributed by atoms with Crippen LogP contribution in [0.2, 0.25) is 0 Å². The second-order valence-corrected chi connectivity index (χ2v) is 8.67. The normalized spacial score (nSPS) is 12.1. The van der Waals surface area contributed by atoms with Crippen molar-refractivity contribution >= 4 is 0 Å². The molecule has 0 saturated carbocycles. The summed E-state index contributed by atoms with van der Waals surface area (Å²) in [4.78, 5) is 9.16. The van der Waals surface area contributed by atoms with E-state index in [2.05, 4.69) is 30.7 Å². The Kier molecular flexibility index (Phi) is 12.2. The van der Waals surface area contributed by atoms with Crippen molar-refractivity contribution in [2.24, 2.45) is 5.92 Å². The first-order chi connectivity index (χ1) is 14.7. The lowest BCUT2D eigenvalue weighted by Gasteiger charge is -2.10. The van der Waals surface area contributed by atoms with Crippen LogP contribution in [-0.4, -0.2) is 16.6 Å². The molecule has 2 aromatic rings. The molecule has 0 aliphatic rings. The molecule has 3 heteroatoms. The van der Waals surface area contributed by atoms with Crippen LogP contribution >= 0.6 is 0 Å². The average molecular weight is 411 g/mol. The van der Waals surface area contributed by atoms with E-state index in [1.54, 1.807) is 0 Å². The minimum absolute atomic E-state index is 0.715. The highest BCUT2D eigenvalue weighted by atomic mass is 16.5. The Morgan fingerprint density at radius 1 is 0.800 bits per heavy atom. The lowest BCUT2D eigenvalue weighted by Crippen LogP contribution is -2.03. The molecule has 0 radical (unpaired) electrons. The topological polar surface area (TPSA) is 35.0 Å². The average Bonchev–Trinajstić information content (AvgIpc) is 2.79. The number of hydrogen-bond acceptors (Lipinski definition) is 3. The standard InChI is InChI=1S/C27H42N2O/c1-4-6-7-8-9-10-11-12-13-14-24-21-28-27(29-22-24)25-15-17-26(18-16-25)30-20-19-23(3)5-2/h15-18,21-23H,4-14,19-20H2,1-3H3. The summed E-state index contributed by atoms with van der Waals surface area (Å²) in [6, 6.07) is 8.14. The number of aryl methyl sites for hydroxylation is 1. The van der Waals surface area contributed by atoms with Gasteiger partial charge in [0.1, 0.15) is 5.75 Å². The zero-order valence-corrected chi connectivity index (χ0v) is 19.5. The lowest BCUT2D eigenvalue weighted by atomic mass is 10.1. The second kappa shape index (κ2) is 15.0. The van der Waals surface area contributed by atoms with Gasteiger partial charge in [0.15, 0.2) is 5.82 Å². The van der Waals surface area contributed by atoms with Gasteiger partial charge in [-0.05, 0) is 55.0 Å². The van der Waals surface area contributed by atoms with Gasteiger partial charge in [-0.3, -0.25) is 0 Å². The van der Waals surface area contributed by atoms with Gasteiger partial charge in [0.2, 0.25) is 0 Å². The summed E-state index contributed by atoms with van der Waals surface area (Å²) in [5, 5.41) is 0. The first-order valence-corrected chi connectivity index (χ1v) is 12.3. The van der Waals surface area contributed by atoms with Crippen LogP contribution in [0.1, 0.15) is 97.0 Å².